The normalized spacial score (nSPS) is 13.3. The molecule has 49 heavy (non-hydrogen) atoms. The topological polar surface area (TPSA) is 0 Å². The van der Waals surface area contributed by atoms with Crippen LogP contribution in [-0.4, -0.2) is 0 Å². The van der Waals surface area contributed by atoms with Crippen LogP contribution in [0.1, 0.15) is 25.0 Å². The van der Waals surface area contributed by atoms with Gasteiger partial charge >= 0.3 is 0 Å². The number of benzene rings is 9. The monoisotopic (exact) mass is 622 g/mol. The molecular weight excluding hydrogens is 589 g/mol. The lowest BCUT2D eigenvalue weighted by atomic mass is 9.79. The summed E-state index contributed by atoms with van der Waals surface area (Å²) in [5, 5.41) is 10.5. The maximum absolute atomic E-state index is 2.47. The van der Waals surface area contributed by atoms with Crippen LogP contribution >= 0.6 is 0 Å². The molecule has 0 heteroatoms. The quantitative estimate of drug-likeness (QED) is 0.172. The molecule has 0 nitrogen and oxygen atoms in total. The minimum atomic E-state index is -0.120. The Morgan fingerprint density at radius 1 is 0.327 bits per heavy atom. The molecule has 0 fully saturated rings. The van der Waals surface area contributed by atoms with E-state index in [0.717, 1.165) is 0 Å². The zero-order valence-corrected chi connectivity index (χ0v) is 27.7. The van der Waals surface area contributed by atoms with Gasteiger partial charge in [-0.3, -0.25) is 0 Å². The summed E-state index contributed by atoms with van der Waals surface area (Å²) in [7, 11) is 0. The van der Waals surface area contributed by atoms with Gasteiger partial charge in [-0.15, -0.1) is 0 Å². The Morgan fingerprint density at radius 3 is 1.71 bits per heavy atom. The third-order valence-corrected chi connectivity index (χ3v) is 11.0. The zero-order chi connectivity index (χ0) is 32.7. The first-order valence-electron chi connectivity index (χ1n) is 17.3. The van der Waals surface area contributed by atoms with Crippen molar-refractivity contribution in [1.82, 2.24) is 0 Å². The second-order valence-corrected chi connectivity index (χ2v) is 14.1. The summed E-state index contributed by atoms with van der Waals surface area (Å²) in [4.78, 5) is 0. The first kappa shape index (κ1) is 28.1. The molecule has 0 saturated heterocycles. The molecule has 10 rings (SSSR count). The van der Waals surface area contributed by atoms with Gasteiger partial charge in [0, 0.05) is 5.41 Å². The largest absolute Gasteiger partial charge is 0.0622 e. The van der Waals surface area contributed by atoms with Crippen molar-refractivity contribution in [1.29, 1.82) is 0 Å². The third-order valence-electron chi connectivity index (χ3n) is 11.0. The van der Waals surface area contributed by atoms with Gasteiger partial charge in [0.1, 0.15) is 0 Å². The molecule has 0 heterocycles. The highest BCUT2D eigenvalue weighted by atomic mass is 14.4. The predicted molar refractivity (Wildman–Crippen MR) is 210 cm³/mol. The number of rotatable bonds is 3. The summed E-state index contributed by atoms with van der Waals surface area (Å²) in [5.41, 5.74) is 12.9. The minimum absolute atomic E-state index is 0.120. The molecule has 0 unspecified atom stereocenters. The minimum Gasteiger partial charge on any atom is -0.0622 e. The Balaban J connectivity index is 1.11. The van der Waals surface area contributed by atoms with E-state index in [9.17, 15) is 0 Å². The molecule has 0 bridgehead atoms. The molecule has 0 spiro atoms. The molecule has 0 radical (unpaired) electrons. The molecule has 9 aromatic carbocycles. The van der Waals surface area contributed by atoms with Gasteiger partial charge in [-0.05, 0) is 135 Å². The molecule has 9 aromatic rings. The van der Waals surface area contributed by atoms with Crippen molar-refractivity contribution in [2.45, 2.75) is 19.3 Å². The van der Waals surface area contributed by atoms with Crippen molar-refractivity contribution in [3.63, 3.8) is 0 Å². The molecule has 0 amide bonds. The second-order valence-electron chi connectivity index (χ2n) is 14.1. The van der Waals surface area contributed by atoms with Crippen LogP contribution in [0.2, 0.25) is 0 Å². The van der Waals surface area contributed by atoms with Crippen LogP contribution in [0.25, 0.3) is 87.6 Å². The van der Waals surface area contributed by atoms with E-state index >= 15 is 0 Å². The van der Waals surface area contributed by atoms with Crippen molar-refractivity contribution in [3.8, 4) is 44.5 Å². The van der Waals surface area contributed by atoms with E-state index in [4.69, 9.17) is 0 Å². The molecule has 0 saturated carbocycles. The van der Waals surface area contributed by atoms with Crippen LogP contribution in [0.4, 0.5) is 0 Å². The van der Waals surface area contributed by atoms with E-state index in [1.54, 1.807) is 0 Å². The van der Waals surface area contributed by atoms with E-state index in [1.165, 1.54) is 98.7 Å². The Hall–Kier alpha value is -5.98. The van der Waals surface area contributed by atoms with Crippen molar-refractivity contribution in [3.05, 3.63) is 181 Å². The molecule has 0 aromatic heterocycles. The Bertz CT molecular complexity index is 2780. The summed E-state index contributed by atoms with van der Waals surface area (Å²) in [5.74, 6) is 0. The van der Waals surface area contributed by atoms with Gasteiger partial charge in [0.25, 0.3) is 0 Å². The van der Waals surface area contributed by atoms with E-state index < -0.39 is 0 Å². The van der Waals surface area contributed by atoms with Crippen LogP contribution in [0.15, 0.2) is 170 Å². The predicted octanol–water partition coefficient (Wildman–Crippen LogP) is 13.6. The van der Waals surface area contributed by atoms with Gasteiger partial charge in [-0.25, -0.2) is 0 Å². The maximum atomic E-state index is 2.47. The van der Waals surface area contributed by atoms with Gasteiger partial charge in [0.15, 0.2) is 0 Å². The summed E-state index contributed by atoms with van der Waals surface area (Å²) >= 11 is 0. The van der Waals surface area contributed by atoms with Crippen molar-refractivity contribution >= 4 is 43.1 Å². The Morgan fingerprint density at radius 2 is 0.918 bits per heavy atom. The van der Waals surface area contributed by atoms with Gasteiger partial charge in [0.05, 0.1) is 0 Å². The van der Waals surface area contributed by atoms with Gasteiger partial charge in [-0.2, -0.15) is 0 Å². The first-order chi connectivity index (χ1) is 24.0. The Labute approximate surface area is 286 Å². The average molecular weight is 623 g/mol. The average Bonchev–Trinajstić information content (AvgIpc) is 3.39. The van der Waals surface area contributed by atoms with Crippen LogP contribution in [0.3, 0.4) is 0 Å². The van der Waals surface area contributed by atoms with Crippen LogP contribution < -0.4 is 0 Å². The zero-order valence-electron chi connectivity index (χ0n) is 27.7. The number of fused-ring (bicyclic) bond motifs is 10. The lowest BCUT2D eigenvalue weighted by molar-refractivity contribution is 0.667. The van der Waals surface area contributed by atoms with E-state index in [-0.39, 0.29) is 5.41 Å². The summed E-state index contributed by atoms with van der Waals surface area (Å²) in [6.45, 7) is 4.82. The number of hydrogen-bond acceptors (Lipinski definition) is 0. The fourth-order valence-corrected chi connectivity index (χ4v) is 8.62. The van der Waals surface area contributed by atoms with Crippen LogP contribution in [0.5, 0.6) is 0 Å². The third kappa shape index (κ3) is 4.24. The SMILES string of the molecule is CC1(C)c2cc3cc(-c4cccc(-c5cc(-c6ccccc6)c6ccccc6c5)c4)ccc3cc2-c2c1c1ccccc1c1ccccc21. The molecule has 0 atom stereocenters. The number of hydrogen-bond donors (Lipinski definition) is 0. The molecule has 1 aliphatic rings. The van der Waals surface area contributed by atoms with E-state index in [2.05, 4.69) is 184 Å². The van der Waals surface area contributed by atoms with Gasteiger partial charge in [-0.1, -0.05) is 147 Å². The van der Waals surface area contributed by atoms with Gasteiger partial charge in [0.2, 0.25) is 0 Å². The first-order valence-corrected chi connectivity index (χ1v) is 17.3. The van der Waals surface area contributed by atoms with Crippen molar-refractivity contribution < 1.29 is 0 Å². The van der Waals surface area contributed by atoms with Crippen molar-refractivity contribution in [2.24, 2.45) is 0 Å². The summed E-state index contributed by atoms with van der Waals surface area (Å²) in [6.07, 6.45) is 0. The molecule has 0 aliphatic heterocycles. The van der Waals surface area contributed by atoms with Crippen LogP contribution in [0, 0.1) is 0 Å². The Kier molecular flexibility index (Phi) is 6.02. The highest BCUT2D eigenvalue weighted by Crippen LogP contribution is 2.55. The molecule has 1 aliphatic carbocycles. The molecule has 0 N–H and O–H groups in total. The fourth-order valence-electron chi connectivity index (χ4n) is 8.62. The lowest BCUT2D eigenvalue weighted by Gasteiger charge is -2.24. The highest BCUT2D eigenvalue weighted by molar-refractivity contribution is 6.19. The second kappa shape index (κ2) is 10.5. The maximum Gasteiger partial charge on any atom is 0.0165 e. The lowest BCUT2D eigenvalue weighted by Crippen LogP contribution is -2.15. The smallest absolute Gasteiger partial charge is 0.0165 e. The summed E-state index contributed by atoms with van der Waals surface area (Å²) < 4.78 is 0. The highest BCUT2D eigenvalue weighted by Gasteiger charge is 2.38. The van der Waals surface area contributed by atoms with Gasteiger partial charge < -0.3 is 0 Å². The summed E-state index contributed by atoms with van der Waals surface area (Å²) in [6, 6.07) is 63.0. The van der Waals surface area contributed by atoms with E-state index in [1.807, 2.05) is 0 Å². The van der Waals surface area contributed by atoms with E-state index in [0.29, 0.717) is 0 Å². The fraction of sp³-hybridized carbons (Fsp3) is 0.0612. The molecule has 230 valence electrons. The van der Waals surface area contributed by atoms with Crippen molar-refractivity contribution in [2.75, 3.05) is 0 Å². The van der Waals surface area contributed by atoms with Crippen LogP contribution in [-0.2, 0) is 5.41 Å². The standard InChI is InChI=1S/C49H34/c1-49(2)46-30-38-26-34(23-24-35(38)28-45(46)47-42-21-10-8-19-40(42)41-20-9-11-22-43(41)48(47)49)32-16-12-17-33(25-32)37-27-36-15-6-7-18-39(36)44(29-37)31-13-4-3-5-14-31/h3-30H,1-2H3. The molecular formula is C49H34.